The minimum absolute atomic E-state index is 0.201. The maximum absolute atomic E-state index is 12.0. The maximum atomic E-state index is 12.0. The zero-order chi connectivity index (χ0) is 13.0. The summed E-state index contributed by atoms with van der Waals surface area (Å²) in [6.07, 6.45) is 3.07. The van der Waals surface area contributed by atoms with Gasteiger partial charge in [-0.1, -0.05) is 6.07 Å². The molecule has 92 valence electrons. The van der Waals surface area contributed by atoms with Crippen LogP contribution in [0.2, 0.25) is 0 Å². The maximum Gasteiger partial charge on any atom is 0.252 e. The molecular formula is C12H11BrN4O. The van der Waals surface area contributed by atoms with Gasteiger partial charge in [0.1, 0.15) is 6.33 Å². The van der Waals surface area contributed by atoms with Gasteiger partial charge in [0.2, 0.25) is 0 Å². The second-order valence-electron chi connectivity index (χ2n) is 3.59. The van der Waals surface area contributed by atoms with Crippen molar-refractivity contribution in [1.29, 1.82) is 0 Å². The van der Waals surface area contributed by atoms with E-state index in [-0.39, 0.29) is 5.91 Å². The molecule has 6 heteroatoms. The zero-order valence-electron chi connectivity index (χ0n) is 9.43. The van der Waals surface area contributed by atoms with Crippen molar-refractivity contribution in [3.63, 3.8) is 0 Å². The third kappa shape index (κ3) is 2.84. The molecule has 0 spiro atoms. The van der Waals surface area contributed by atoms with Crippen LogP contribution in [-0.2, 0) is 6.54 Å². The normalized spacial score (nSPS) is 10.1. The van der Waals surface area contributed by atoms with E-state index in [0.29, 0.717) is 22.3 Å². The summed E-state index contributed by atoms with van der Waals surface area (Å²) >= 11 is 3.30. The summed E-state index contributed by atoms with van der Waals surface area (Å²) in [4.78, 5) is 19.8. The van der Waals surface area contributed by atoms with E-state index in [9.17, 15) is 4.79 Å². The summed E-state index contributed by atoms with van der Waals surface area (Å²) in [5.41, 5.74) is 7.50. The van der Waals surface area contributed by atoms with Crippen molar-refractivity contribution < 1.29 is 4.79 Å². The van der Waals surface area contributed by atoms with Crippen LogP contribution in [0.15, 0.2) is 41.3 Å². The van der Waals surface area contributed by atoms with Crippen LogP contribution >= 0.6 is 15.9 Å². The van der Waals surface area contributed by atoms with Crippen molar-refractivity contribution in [2.24, 2.45) is 0 Å². The fourth-order valence-corrected chi connectivity index (χ4v) is 1.86. The Kier molecular flexibility index (Phi) is 3.88. The molecule has 0 aliphatic heterocycles. The van der Waals surface area contributed by atoms with Gasteiger partial charge in [0, 0.05) is 11.9 Å². The van der Waals surface area contributed by atoms with Gasteiger partial charge in [-0.25, -0.2) is 9.97 Å². The molecule has 1 aromatic carbocycles. The smallest absolute Gasteiger partial charge is 0.252 e. The van der Waals surface area contributed by atoms with E-state index >= 15 is 0 Å². The second kappa shape index (κ2) is 5.59. The molecule has 5 nitrogen and oxygen atoms in total. The fraction of sp³-hybridized carbons (Fsp3) is 0.0833. The molecule has 18 heavy (non-hydrogen) atoms. The molecule has 0 bridgehead atoms. The van der Waals surface area contributed by atoms with Gasteiger partial charge < -0.3 is 11.1 Å². The summed E-state index contributed by atoms with van der Waals surface area (Å²) < 4.78 is 0.602. The van der Waals surface area contributed by atoms with Crippen LogP contribution in [0.3, 0.4) is 0 Å². The average molecular weight is 307 g/mol. The first-order valence-corrected chi connectivity index (χ1v) is 6.05. The first-order valence-electron chi connectivity index (χ1n) is 5.25. The molecule has 0 saturated heterocycles. The predicted molar refractivity (Wildman–Crippen MR) is 71.8 cm³/mol. The number of aromatic nitrogens is 2. The Morgan fingerprint density at radius 2 is 2.22 bits per heavy atom. The molecule has 0 aliphatic carbocycles. The number of rotatable bonds is 3. The second-order valence-corrected chi connectivity index (χ2v) is 4.39. The van der Waals surface area contributed by atoms with E-state index in [2.05, 4.69) is 31.2 Å². The Bertz CT molecular complexity index is 559. The minimum Gasteiger partial charge on any atom is -0.398 e. The summed E-state index contributed by atoms with van der Waals surface area (Å²) in [7, 11) is 0. The van der Waals surface area contributed by atoms with Crippen LogP contribution in [-0.4, -0.2) is 15.9 Å². The number of carbonyl (C=O) groups excluding carboxylic acids is 1. The van der Waals surface area contributed by atoms with Gasteiger partial charge in [0.15, 0.2) is 0 Å². The van der Waals surface area contributed by atoms with E-state index in [1.165, 1.54) is 6.33 Å². The molecule has 0 atom stereocenters. The lowest BCUT2D eigenvalue weighted by molar-refractivity contribution is 0.0949. The summed E-state index contributed by atoms with van der Waals surface area (Å²) in [6.45, 7) is 0.350. The Morgan fingerprint density at radius 1 is 1.39 bits per heavy atom. The van der Waals surface area contributed by atoms with E-state index < -0.39 is 0 Å². The molecule has 0 unspecified atom stereocenters. The Labute approximate surface area is 113 Å². The summed E-state index contributed by atoms with van der Waals surface area (Å²) in [5.74, 6) is -0.201. The molecule has 0 fully saturated rings. The lowest BCUT2D eigenvalue weighted by Crippen LogP contribution is -2.23. The first-order chi connectivity index (χ1) is 8.68. The minimum atomic E-state index is -0.201. The lowest BCUT2D eigenvalue weighted by Gasteiger charge is -2.07. The number of nitrogens with two attached hydrogens (primary N) is 1. The Balaban J connectivity index is 2.07. The van der Waals surface area contributed by atoms with Crippen molar-refractivity contribution in [2.75, 3.05) is 5.73 Å². The highest BCUT2D eigenvalue weighted by molar-refractivity contribution is 9.10. The van der Waals surface area contributed by atoms with Crippen molar-refractivity contribution in [3.8, 4) is 0 Å². The predicted octanol–water partition coefficient (Wildman–Crippen LogP) is 1.75. The van der Waals surface area contributed by atoms with Gasteiger partial charge in [0.05, 0.1) is 22.3 Å². The van der Waals surface area contributed by atoms with Crippen molar-refractivity contribution in [3.05, 3.63) is 52.5 Å². The summed E-state index contributed by atoms with van der Waals surface area (Å²) in [6, 6.07) is 6.91. The average Bonchev–Trinajstić information content (AvgIpc) is 2.40. The van der Waals surface area contributed by atoms with E-state index in [0.717, 1.165) is 5.69 Å². The molecule has 1 heterocycles. The van der Waals surface area contributed by atoms with Gasteiger partial charge in [0.25, 0.3) is 5.91 Å². The largest absolute Gasteiger partial charge is 0.398 e. The molecule has 0 radical (unpaired) electrons. The number of carbonyl (C=O) groups is 1. The van der Waals surface area contributed by atoms with Crippen molar-refractivity contribution in [1.82, 2.24) is 15.3 Å². The quantitative estimate of drug-likeness (QED) is 0.847. The number of hydrogen-bond acceptors (Lipinski definition) is 4. The molecule has 0 saturated carbocycles. The SMILES string of the molecule is Nc1cccc(C(=O)NCc2ccncn2)c1Br. The molecule has 2 rings (SSSR count). The number of nitrogens with zero attached hydrogens (tertiary/aromatic N) is 2. The van der Waals surface area contributed by atoms with Crippen LogP contribution in [0.1, 0.15) is 16.1 Å². The third-order valence-electron chi connectivity index (χ3n) is 2.35. The monoisotopic (exact) mass is 306 g/mol. The molecule has 1 aromatic heterocycles. The van der Waals surface area contributed by atoms with Crippen molar-refractivity contribution >= 4 is 27.5 Å². The standard InChI is InChI=1S/C12H11BrN4O/c13-11-9(2-1-3-10(11)14)12(18)16-6-8-4-5-15-7-17-8/h1-5,7H,6,14H2,(H,16,18). The van der Waals surface area contributed by atoms with Gasteiger partial charge in [-0.2, -0.15) is 0 Å². The van der Waals surface area contributed by atoms with Gasteiger partial charge in [-0.3, -0.25) is 4.79 Å². The highest BCUT2D eigenvalue weighted by Crippen LogP contribution is 2.23. The van der Waals surface area contributed by atoms with Crippen LogP contribution < -0.4 is 11.1 Å². The third-order valence-corrected chi connectivity index (χ3v) is 3.23. The number of amides is 1. The number of nitrogens with one attached hydrogen (secondary N) is 1. The number of hydrogen-bond donors (Lipinski definition) is 2. The lowest BCUT2D eigenvalue weighted by atomic mass is 10.2. The molecule has 2 aromatic rings. The van der Waals surface area contributed by atoms with E-state index in [1.807, 2.05) is 0 Å². The number of halogens is 1. The van der Waals surface area contributed by atoms with Crippen LogP contribution in [0.4, 0.5) is 5.69 Å². The van der Waals surface area contributed by atoms with Gasteiger partial charge in [-0.05, 0) is 34.1 Å². The van der Waals surface area contributed by atoms with Crippen LogP contribution in [0.5, 0.6) is 0 Å². The molecule has 3 N–H and O–H groups in total. The Morgan fingerprint density at radius 3 is 2.94 bits per heavy atom. The van der Waals surface area contributed by atoms with Crippen LogP contribution in [0, 0.1) is 0 Å². The van der Waals surface area contributed by atoms with Crippen molar-refractivity contribution in [2.45, 2.75) is 6.54 Å². The van der Waals surface area contributed by atoms with E-state index in [4.69, 9.17) is 5.73 Å². The summed E-state index contributed by atoms with van der Waals surface area (Å²) in [5, 5.41) is 2.77. The highest BCUT2D eigenvalue weighted by atomic mass is 79.9. The fourth-order valence-electron chi connectivity index (χ4n) is 1.41. The van der Waals surface area contributed by atoms with E-state index in [1.54, 1.807) is 30.5 Å². The molecule has 1 amide bonds. The first kappa shape index (κ1) is 12.5. The highest BCUT2D eigenvalue weighted by Gasteiger charge is 2.11. The zero-order valence-corrected chi connectivity index (χ0v) is 11.0. The number of anilines is 1. The van der Waals surface area contributed by atoms with Gasteiger partial charge in [-0.15, -0.1) is 0 Å². The number of nitrogen functional groups attached to an aromatic ring is 1. The molecule has 0 aliphatic rings. The Hall–Kier alpha value is -1.95. The molecular weight excluding hydrogens is 296 g/mol. The number of benzene rings is 1. The van der Waals surface area contributed by atoms with Gasteiger partial charge >= 0.3 is 0 Å². The topological polar surface area (TPSA) is 80.9 Å². The van der Waals surface area contributed by atoms with Crippen LogP contribution in [0.25, 0.3) is 0 Å².